The minimum absolute atomic E-state index is 0.213. The van der Waals surface area contributed by atoms with Gasteiger partial charge in [-0.15, -0.1) is 5.10 Å². The molecule has 0 spiro atoms. The molecule has 1 aromatic carbocycles. The first-order valence-electron chi connectivity index (χ1n) is 6.43. The van der Waals surface area contributed by atoms with Gasteiger partial charge in [0, 0.05) is 10.0 Å². The lowest BCUT2D eigenvalue weighted by Gasteiger charge is -2.23. The molecule has 2 rings (SSSR count). The highest BCUT2D eigenvalue weighted by Crippen LogP contribution is 2.19. The van der Waals surface area contributed by atoms with E-state index in [0.717, 1.165) is 16.6 Å². The monoisotopic (exact) mass is 336 g/mol. The number of hydrogen-bond donors (Lipinski definition) is 1. The third-order valence-electron chi connectivity index (χ3n) is 3.16. The van der Waals surface area contributed by atoms with E-state index in [9.17, 15) is 4.79 Å². The summed E-state index contributed by atoms with van der Waals surface area (Å²) in [5.41, 5.74) is 0.893. The van der Waals surface area contributed by atoms with Crippen molar-refractivity contribution in [3.8, 4) is 5.69 Å². The zero-order chi connectivity index (χ0) is 14.8. The van der Waals surface area contributed by atoms with E-state index in [0.29, 0.717) is 5.69 Å². The van der Waals surface area contributed by atoms with Gasteiger partial charge in [0.15, 0.2) is 5.69 Å². The molecule has 0 unspecified atom stereocenters. The van der Waals surface area contributed by atoms with Gasteiger partial charge in [0.1, 0.15) is 0 Å². The molecule has 1 amide bonds. The normalized spacial score (nSPS) is 11.4. The van der Waals surface area contributed by atoms with E-state index in [2.05, 4.69) is 31.6 Å². The number of halogens is 1. The van der Waals surface area contributed by atoms with Crippen LogP contribution in [-0.4, -0.2) is 26.4 Å². The summed E-state index contributed by atoms with van der Waals surface area (Å²) in [7, 11) is 0. The van der Waals surface area contributed by atoms with Crippen LogP contribution in [0.3, 0.4) is 0 Å². The fourth-order valence-electron chi connectivity index (χ4n) is 1.58. The lowest BCUT2D eigenvalue weighted by Crippen LogP contribution is -2.42. The number of carbonyl (C=O) groups excluding carboxylic acids is 1. The molecule has 1 N–H and O–H groups in total. The first-order valence-corrected chi connectivity index (χ1v) is 7.22. The van der Waals surface area contributed by atoms with Crippen LogP contribution in [0.25, 0.3) is 5.69 Å². The van der Waals surface area contributed by atoms with Gasteiger partial charge in [0.05, 0.1) is 11.9 Å². The van der Waals surface area contributed by atoms with Crippen molar-refractivity contribution in [2.45, 2.75) is 32.7 Å². The molecule has 0 radical (unpaired) electrons. The maximum Gasteiger partial charge on any atom is 0.273 e. The van der Waals surface area contributed by atoms with Crippen molar-refractivity contribution in [1.29, 1.82) is 0 Å². The van der Waals surface area contributed by atoms with Crippen LogP contribution in [0.1, 0.15) is 37.7 Å². The Labute approximate surface area is 126 Å². The smallest absolute Gasteiger partial charge is 0.273 e. The molecule has 0 fully saturated rings. The molecule has 106 valence electrons. The lowest BCUT2D eigenvalue weighted by atomic mass is 10.0. The Morgan fingerprint density at radius 3 is 2.75 bits per heavy atom. The van der Waals surface area contributed by atoms with Gasteiger partial charge in [0.25, 0.3) is 5.91 Å². The van der Waals surface area contributed by atoms with Crippen molar-refractivity contribution >= 4 is 21.8 Å². The van der Waals surface area contributed by atoms with Crippen LogP contribution in [0, 0.1) is 0 Å². The number of para-hydroxylation sites is 1. The van der Waals surface area contributed by atoms with Crippen molar-refractivity contribution in [1.82, 2.24) is 20.3 Å². The van der Waals surface area contributed by atoms with Crippen LogP contribution in [0.2, 0.25) is 0 Å². The molecule has 1 aromatic heterocycles. The lowest BCUT2D eigenvalue weighted by molar-refractivity contribution is 0.0906. The van der Waals surface area contributed by atoms with Crippen molar-refractivity contribution < 1.29 is 4.79 Å². The van der Waals surface area contributed by atoms with E-state index in [-0.39, 0.29) is 11.4 Å². The van der Waals surface area contributed by atoms with Gasteiger partial charge < -0.3 is 5.32 Å². The summed E-state index contributed by atoms with van der Waals surface area (Å²) in [4.78, 5) is 12.1. The van der Waals surface area contributed by atoms with Crippen LogP contribution < -0.4 is 5.32 Å². The average molecular weight is 337 g/mol. The summed E-state index contributed by atoms with van der Waals surface area (Å²) in [5, 5.41) is 10.9. The van der Waals surface area contributed by atoms with Crippen molar-refractivity contribution in [3.63, 3.8) is 0 Å². The molecule has 6 heteroatoms. The molecule has 0 atom stereocenters. The molecule has 2 aromatic rings. The third kappa shape index (κ3) is 3.25. The molecule has 0 aliphatic heterocycles. The first-order chi connectivity index (χ1) is 9.43. The maximum absolute atomic E-state index is 12.1. The largest absolute Gasteiger partial charge is 0.346 e. The second-order valence-electron chi connectivity index (χ2n) is 5.19. The summed E-state index contributed by atoms with van der Waals surface area (Å²) in [6, 6.07) is 7.64. The fourth-order valence-corrected chi connectivity index (χ4v) is 2.05. The Morgan fingerprint density at radius 1 is 1.40 bits per heavy atom. The van der Waals surface area contributed by atoms with Crippen LogP contribution in [0.15, 0.2) is 34.9 Å². The fraction of sp³-hybridized carbons (Fsp3) is 0.357. The molecule has 0 bridgehead atoms. The molecule has 0 saturated heterocycles. The predicted molar refractivity (Wildman–Crippen MR) is 80.9 cm³/mol. The van der Waals surface area contributed by atoms with Gasteiger partial charge in [-0.1, -0.05) is 24.3 Å². The van der Waals surface area contributed by atoms with Gasteiger partial charge >= 0.3 is 0 Å². The number of hydrogen-bond acceptors (Lipinski definition) is 3. The number of carbonyl (C=O) groups is 1. The summed E-state index contributed by atoms with van der Waals surface area (Å²) in [5.74, 6) is -0.213. The molecule has 0 saturated carbocycles. The summed E-state index contributed by atoms with van der Waals surface area (Å²) in [6.45, 7) is 5.98. The standard InChI is InChI=1S/C14H17BrN4O/c1-4-14(2,3)16-13(20)11-9-19(18-17-11)12-8-6-5-7-10(12)15/h5-9H,4H2,1-3H3,(H,16,20). The number of aromatic nitrogens is 3. The number of rotatable bonds is 4. The Kier molecular flexibility index (Phi) is 4.23. The van der Waals surface area contributed by atoms with Crippen LogP contribution in [-0.2, 0) is 0 Å². The number of nitrogens with zero attached hydrogens (tertiary/aromatic N) is 3. The van der Waals surface area contributed by atoms with E-state index in [1.54, 1.807) is 10.9 Å². The van der Waals surface area contributed by atoms with E-state index in [1.807, 2.05) is 45.0 Å². The molecule has 0 aliphatic carbocycles. The maximum atomic E-state index is 12.1. The Hall–Kier alpha value is -1.69. The van der Waals surface area contributed by atoms with Crippen molar-refractivity contribution in [2.75, 3.05) is 0 Å². The highest BCUT2D eigenvalue weighted by Gasteiger charge is 2.21. The zero-order valence-corrected chi connectivity index (χ0v) is 13.3. The first kappa shape index (κ1) is 14.7. The number of benzene rings is 1. The van der Waals surface area contributed by atoms with Crippen molar-refractivity contribution in [3.05, 3.63) is 40.6 Å². The number of nitrogens with one attached hydrogen (secondary N) is 1. The summed E-state index contributed by atoms with van der Waals surface area (Å²) in [6.07, 6.45) is 2.47. The third-order valence-corrected chi connectivity index (χ3v) is 3.83. The van der Waals surface area contributed by atoms with E-state index >= 15 is 0 Å². The SMILES string of the molecule is CCC(C)(C)NC(=O)c1cn(-c2ccccc2Br)nn1. The van der Waals surface area contributed by atoms with Crippen LogP contribution in [0.4, 0.5) is 0 Å². The minimum Gasteiger partial charge on any atom is -0.346 e. The molecule has 5 nitrogen and oxygen atoms in total. The van der Waals surface area contributed by atoms with Gasteiger partial charge in [-0.25, -0.2) is 4.68 Å². The molecule has 20 heavy (non-hydrogen) atoms. The highest BCUT2D eigenvalue weighted by molar-refractivity contribution is 9.10. The van der Waals surface area contributed by atoms with E-state index in [1.165, 1.54) is 0 Å². The van der Waals surface area contributed by atoms with Gasteiger partial charge in [-0.2, -0.15) is 0 Å². The molecular formula is C14H17BrN4O. The summed E-state index contributed by atoms with van der Waals surface area (Å²) >= 11 is 3.45. The second kappa shape index (κ2) is 5.75. The van der Waals surface area contributed by atoms with Crippen molar-refractivity contribution in [2.24, 2.45) is 0 Å². The topological polar surface area (TPSA) is 59.8 Å². The van der Waals surface area contributed by atoms with E-state index in [4.69, 9.17) is 0 Å². The highest BCUT2D eigenvalue weighted by atomic mass is 79.9. The molecular weight excluding hydrogens is 320 g/mol. The van der Waals surface area contributed by atoms with Crippen LogP contribution >= 0.6 is 15.9 Å². The predicted octanol–water partition coefficient (Wildman–Crippen LogP) is 2.95. The Balaban J connectivity index is 2.22. The van der Waals surface area contributed by atoms with Gasteiger partial charge in [-0.3, -0.25) is 4.79 Å². The van der Waals surface area contributed by atoms with Crippen LogP contribution in [0.5, 0.6) is 0 Å². The quantitative estimate of drug-likeness (QED) is 0.933. The molecule has 1 heterocycles. The second-order valence-corrected chi connectivity index (χ2v) is 6.05. The Bertz CT molecular complexity index is 621. The molecule has 0 aliphatic rings. The minimum atomic E-state index is -0.256. The zero-order valence-electron chi connectivity index (χ0n) is 11.7. The van der Waals surface area contributed by atoms with Gasteiger partial charge in [-0.05, 0) is 48.3 Å². The average Bonchev–Trinajstić information content (AvgIpc) is 2.88. The summed E-state index contributed by atoms with van der Waals surface area (Å²) < 4.78 is 2.48. The number of amides is 1. The van der Waals surface area contributed by atoms with E-state index < -0.39 is 0 Å². The Morgan fingerprint density at radius 2 is 2.10 bits per heavy atom. The van der Waals surface area contributed by atoms with Gasteiger partial charge in [0.2, 0.25) is 0 Å².